The first kappa shape index (κ1) is 13.0. The molecule has 0 fully saturated rings. The Morgan fingerprint density at radius 3 is 1.67 bits per heavy atom. The summed E-state index contributed by atoms with van der Waals surface area (Å²) in [6.45, 7) is 0. The summed E-state index contributed by atoms with van der Waals surface area (Å²) in [5.41, 5.74) is 4.16. The van der Waals surface area contributed by atoms with Crippen molar-refractivity contribution in [2.24, 2.45) is 0 Å². The zero-order valence-corrected chi connectivity index (χ0v) is 11.6. The normalized spacial score (nSPS) is 9.86. The maximum Gasteiger partial charge on any atom is 0.0474 e. The van der Waals surface area contributed by atoms with E-state index >= 15 is 0 Å². The van der Waals surface area contributed by atoms with E-state index in [-0.39, 0.29) is 0 Å². The Balaban J connectivity index is 2.15. The van der Waals surface area contributed by atoms with Gasteiger partial charge in [0.25, 0.3) is 0 Å². The number of nitrogens with zero attached hydrogens (tertiary/aromatic N) is 1. The molecule has 3 rings (SSSR count). The van der Waals surface area contributed by atoms with Crippen LogP contribution in [0.5, 0.6) is 0 Å². The molecule has 0 N–H and O–H groups in total. The Morgan fingerprint density at radius 2 is 1.14 bits per heavy atom. The molecule has 21 heavy (non-hydrogen) atoms. The molecule has 0 unspecified atom stereocenters. The number of para-hydroxylation sites is 2. The summed E-state index contributed by atoms with van der Waals surface area (Å²) in [6.07, 6.45) is 5.53. The van der Waals surface area contributed by atoms with Crippen molar-refractivity contribution >= 4 is 17.1 Å². The second kappa shape index (κ2) is 5.98. The predicted octanol–water partition coefficient (Wildman–Crippen LogP) is 5.14. The summed E-state index contributed by atoms with van der Waals surface area (Å²) in [5, 5.41) is 0. The molecule has 3 aromatic carbocycles. The van der Waals surface area contributed by atoms with Gasteiger partial charge >= 0.3 is 0 Å². The van der Waals surface area contributed by atoms with Crippen molar-refractivity contribution < 1.29 is 0 Å². The summed E-state index contributed by atoms with van der Waals surface area (Å²) in [5.74, 6) is 2.70. The van der Waals surface area contributed by atoms with E-state index in [1.807, 2.05) is 54.6 Å². The van der Waals surface area contributed by atoms with Crippen LogP contribution in [0.25, 0.3) is 0 Å². The molecule has 0 saturated carbocycles. The molecule has 0 saturated heterocycles. The van der Waals surface area contributed by atoms with E-state index in [2.05, 4.69) is 41.2 Å². The molecular weight excluding hydrogens is 254 g/mol. The first-order chi connectivity index (χ1) is 10.4. The Bertz CT molecular complexity index is 715. The van der Waals surface area contributed by atoms with Crippen LogP contribution in [0.3, 0.4) is 0 Å². The maximum absolute atomic E-state index is 5.53. The van der Waals surface area contributed by atoms with Gasteiger partial charge in [-0.15, -0.1) is 6.42 Å². The van der Waals surface area contributed by atoms with Crippen LogP contribution in [0, 0.1) is 12.3 Å². The molecule has 0 heterocycles. The van der Waals surface area contributed by atoms with Gasteiger partial charge in [-0.1, -0.05) is 48.4 Å². The molecule has 0 aromatic heterocycles. The third-order valence-electron chi connectivity index (χ3n) is 3.30. The Kier molecular flexibility index (Phi) is 3.71. The topological polar surface area (TPSA) is 3.24 Å². The van der Waals surface area contributed by atoms with Crippen LogP contribution >= 0.6 is 0 Å². The molecule has 1 heteroatoms. The molecular formula is C20H15N. The first-order valence-corrected chi connectivity index (χ1v) is 6.85. The largest absolute Gasteiger partial charge is 0.310 e. The standard InChI is InChI=1S/C20H15N/c1-2-17-10-9-15-20(16-17)21(18-11-5-3-6-12-18)19-13-7-4-8-14-19/h1,3-16H. The van der Waals surface area contributed by atoms with Crippen molar-refractivity contribution in [2.75, 3.05) is 4.90 Å². The van der Waals surface area contributed by atoms with Gasteiger partial charge < -0.3 is 4.90 Å². The van der Waals surface area contributed by atoms with E-state index in [0.29, 0.717) is 0 Å². The van der Waals surface area contributed by atoms with Crippen molar-refractivity contribution in [3.63, 3.8) is 0 Å². The van der Waals surface area contributed by atoms with E-state index in [1.165, 1.54) is 0 Å². The van der Waals surface area contributed by atoms with Gasteiger partial charge in [0, 0.05) is 22.6 Å². The smallest absolute Gasteiger partial charge is 0.0474 e. The number of hydrogen-bond donors (Lipinski definition) is 0. The lowest BCUT2D eigenvalue weighted by molar-refractivity contribution is 1.28. The maximum atomic E-state index is 5.53. The summed E-state index contributed by atoms with van der Waals surface area (Å²) in [7, 11) is 0. The van der Waals surface area contributed by atoms with Crippen LogP contribution in [0.1, 0.15) is 5.56 Å². The molecule has 1 nitrogen and oxygen atoms in total. The molecule has 0 amide bonds. The number of rotatable bonds is 3. The van der Waals surface area contributed by atoms with Crippen molar-refractivity contribution in [1.29, 1.82) is 0 Å². The second-order valence-electron chi connectivity index (χ2n) is 4.70. The molecule has 3 aromatic rings. The van der Waals surface area contributed by atoms with Crippen molar-refractivity contribution in [3.8, 4) is 12.3 Å². The Morgan fingerprint density at radius 1 is 0.619 bits per heavy atom. The first-order valence-electron chi connectivity index (χ1n) is 6.85. The van der Waals surface area contributed by atoms with Gasteiger partial charge in [0.05, 0.1) is 0 Å². The highest BCUT2D eigenvalue weighted by Crippen LogP contribution is 2.34. The lowest BCUT2D eigenvalue weighted by Gasteiger charge is -2.25. The van der Waals surface area contributed by atoms with Gasteiger partial charge in [-0.2, -0.15) is 0 Å². The van der Waals surface area contributed by atoms with Crippen LogP contribution in [-0.2, 0) is 0 Å². The third-order valence-corrected chi connectivity index (χ3v) is 3.30. The van der Waals surface area contributed by atoms with E-state index in [0.717, 1.165) is 22.6 Å². The minimum Gasteiger partial charge on any atom is -0.310 e. The van der Waals surface area contributed by atoms with Crippen LogP contribution in [0.15, 0.2) is 84.9 Å². The summed E-state index contributed by atoms with van der Waals surface area (Å²) in [4.78, 5) is 2.20. The molecule has 0 bridgehead atoms. The van der Waals surface area contributed by atoms with Crippen molar-refractivity contribution in [3.05, 3.63) is 90.5 Å². The number of benzene rings is 3. The fourth-order valence-electron chi connectivity index (χ4n) is 2.34. The minimum atomic E-state index is 0.879. The summed E-state index contributed by atoms with van der Waals surface area (Å²) >= 11 is 0. The van der Waals surface area contributed by atoms with Crippen molar-refractivity contribution in [2.45, 2.75) is 0 Å². The van der Waals surface area contributed by atoms with Crippen LogP contribution in [0.4, 0.5) is 17.1 Å². The Labute approximate surface area is 125 Å². The van der Waals surface area contributed by atoms with Crippen LogP contribution < -0.4 is 4.90 Å². The fraction of sp³-hybridized carbons (Fsp3) is 0. The van der Waals surface area contributed by atoms with E-state index < -0.39 is 0 Å². The van der Waals surface area contributed by atoms with Gasteiger partial charge in [0.2, 0.25) is 0 Å². The highest BCUT2D eigenvalue weighted by molar-refractivity contribution is 5.76. The van der Waals surface area contributed by atoms with E-state index in [4.69, 9.17) is 6.42 Å². The highest BCUT2D eigenvalue weighted by atomic mass is 15.1. The molecule has 0 aliphatic heterocycles. The number of anilines is 3. The second-order valence-corrected chi connectivity index (χ2v) is 4.70. The fourth-order valence-corrected chi connectivity index (χ4v) is 2.34. The summed E-state index contributed by atoms with van der Waals surface area (Å²) < 4.78 is 0. The zero-order chi connectivity index (χ0) is 14.5. The van der Waals surface area contributed by atoms with Gasteiger partial charge in [-0.3, -0.25) is 0 Å². The van der Waals surface area contributed by atoms with Gasteiger partial charge in [0.15, 0.2) is 0 Å². The molecule has 0 radical (unpaired) electrons. The van der Waals surface area contributed by atoms with Crippen LogP contribution in [-0.4, -0.2) is 0 Å². The number of terminal acetylenes is 1. The average molecular weight is 269 g/mol. The zero-order valence-electron chi connectivity index (χ0n) is 11.6. The summed E-state index contributed by atoms with van der Waals surface area (Å²) in [6, 6.07) is 28.6. The van der Waals surface area contributed by atoms with Gasteiger partial charge in [0.1, 0.15) is 0 Å². The quantitative estimate of drug-likeness (QED) is 0.595. The SMILES string of the molecule is C#Cc1cccc(N(c2ccccc2)c2ccccc2)c1. The molecule has 0 spiro atoms. The molecule has 0 aliphatic carbocycles. The number of hydrogen-bond acceptors (Lipinski definition) is 1. The Hall–Kier alpha value is -2.98. The van der Waals surface area contributed by atoms with E-state index in [1.54, 1.807) is 0 Å². The molecule has 100 valence electrons. The van der Waals surface area contributed by atoms with Gasteiger partial charge in [-0.05, 0) is 42.5 Å². The lowest BCUT2D eigenvalue weighted by Crippen LogP contribution is -2.09. The molecule has 0 aliphatic rings. The molecule has 0 atom stereocenters. The third kappa shape index (κ3) is 2.80. The monoisotopic (exact) mass is 269 g/mol. The van der Waals surface area contributed by atoms with E-state index in [9.17, 15) is 0 Å². The predicted molar refractivity (Wildman–Crippen MR) is 89.1 cm³/mol. The average Bonchev–Trinajstić information content (AvgIpc) is 2.57. The van der Waals surface area contributed by atoms with Gasteiger partial charge in [-0.25, -0.2) is 0 Å². The van der Waals surface area contributed by atoms with Crippen LogP contribution in [0.2, 0.25) is 0 Å². The highest BCUT2D eigenvalue weighted by Gasteiger charge is 2.11. The lowest BCUT2D eigenvalue weighted by atomic mass is 10.1. The minimum absolute atomic E-state index is 0.879. The van der Waals surface area contributed by atoms with Crippen molar-refractivity contribution in [1.82, 2.24) is 0 Å².